The van der Waals surface area contributed by atoms with Crippen molar-refractivity contribution in [3.63, 3.8) is 0 Å². The second-order valence-corrected chi connectivity index (χ2v) is 4.60. The topological polar surface area (TPSA) is 15.3 Å². The van der Waals surface area contributed by atoms with E-state index in [0.717, 1.165) is 12.6 Å². The molecule has 3 aliphatic rings. The van der Waals surface area contributed by atoms with Crippen LogP contribution in [0.2, 0.25) is 0 Å². The predicted octanol–water partition coefficient (Wildman–Crippen LogP) is 2.30. The fourth-order valence-corrected chi connectivity index (χ4v) is 3.49. The van der Waals surface area contributed by atoms with Crippen molar-refractivity contribution >= 4 is 5.69 Å². The van der Waals surface area contributed by atoms with Gasteiger partial charge in [-0.05, 0) is 36.6 Å². The SMILES string of the molecule is c1cc2c3c(c1)C1CCCN1C3CN2. The van der Waals surface area contributed by atoms with Crippen LogP contribution < -0.4 is 5.32 Å². The lowest BCUT2D eigenvalue weighted by Crippen LogP contribution is -2.23. The molecule has 2 heteroatoms. The maximum atomic E-state index is 3.51. The van der Waals surface area contributed by atoms with Gasteiger partial charge in [-0.2, -0.15) is 0 Å². The molecule has 14 heavy (non-hydrogen) atoms. The highest BCUT2D eigenvalue weighted by molar-refractivity contribution is 5.63. The summed E-state index contributed by atoms with van der Waals surface area (Å²) in [5.41, 5.74) is 4.61. The van der Waals surface area contributed by atoms with Gasteiger partial charge < -0.3 is 5.32 Å². The summed E-state index contributed by atoms with van der Waals surface area (Å²) in [7, 11) is 0. The largest absolute Gasteiger partial charge is 0.383 e. The van der Waals surface area contributed by atoms with Gasteiger partial charge in [0.2, 0.25) is 0 Å². The average Bonchev–Trinajstić information content (AvgIpc) is 2.87. The van der Waals surface area contributed by atoms with E-state index in [9.17, 15) is 0 Å². The molecule has 0 bridgehead atoms. The summed E-state index contributed by atoms with van der Waals surface area (Å²) in [6.45, 7) is 2.42. The van der Waals surface area contributed by atoms with Gasteiger partial charge >= 0.3 is 0 Å². The molecule has 1 aromatic carbocycles. The van der Waals surface area contributed by atoms with Crippen molar-refractivity contribution in [1.82, 2.24) is 4.90 Å². The lowest BCUT2D eigenvalue weighted by molar-refractivity contribution is 0.225. The Morgan fingerprint density at radius 2 is 2.29 bits per heavy atom. The highest BCUT2D eigenvalue weighted by Crippen LogP contribution is 2.52. The van der Waals surface area contributed by atoms with Crippen molar-refractivity contribution in [3.05, 3.63) is 29.3 Å². The minimum absolute atomic E-state index is 0.689. The average molecular weight is 186 g/mol. The minimum atomic E-state index is 0.689. The third-order valence-electron chi connectivity index (χ3n) is 4.01. The summed E-state index contributed by atoms with van der Waals surface area (Å²) in [5.74, 6) is 0. The lowest BCUT2D eigenvalue weighted by atomic mass is 10.0. The van der Waals surface area contributed by atoms with Crippen LogP contribution in [0.1, 0.15) is 36.1 Å². The molecule has 2 atom stereocenters. The van der Waals surface area contributed by atoms with Crippen LogP contribution in [0, 0.1) is 0 Å². The molecule has 0 aliphatic carbocycles. The first-order valence-corrected chi connectivity index (χ1v) is 5.57. The number of hydrogen-bond donors (Lipinski definition) is 1. The van der Waals surface area contributed by atoms with Gasteiger partial charge in [-0.1, -0.05) is 12.1 Å². The molecular formula is C12H14N2. The molecule has 3 aliphatic heterocycles. The first-order chi connectivity index (χ1) is 6.95. The first kappa shape index (κ1) is 7.30. The van der Waals surface area contributed by atoms with Gasteiger partial charge in [-0.3, -0.25) is 4.90 Å². The van der Waals surface area contributed by atoms with Gasteiger partial charge in [-0.15, -0.1) is 0 Å². The van der Waals surface area contributed by atoms with Crippen molar-refractivity contribution in [2.75, 3.05) is 18.4 Å². The smallest absolute Gasteiger partial charge is 0.0550 e. The molecule has 0 spiro atoms. The number of rotatable bonds is 0. The lowest BCUT2D eigenvalue weighted by Gasteiger charge is -2.21. The molecule has 1 N–H and O–H groups in total. The molecule has 0 saturated carbocycles. The highest BCUT2D eigenvalue weighted by Gasteiger charge is 2.44. The first-order valence-electron chi connectivity index (χ1n) is 5.57. The van der Waals surface area contributed by atoms with E-state index in [2.05, 4.69) is 28.4 Å². The molecule has 1 aromatic rings. The Morgan fingerprint density at radius 3 is 3.29 bits per heavy atom. The summed E-state index contributed by atoms with van der Waals surface area (Å²) in [6, 6.07) is 8.19. The molecule has 1 saturated heterocycles. The summed E-state index contributed by atoms with van der Waals surface area (Å²) >= 11 is 0. The van der Waals surface area contributed by atoms with Crippen molar-refractivity contribution in [2.45, 2.75) is 24.9 Å². The van der Waals surface area contributed by atoms with Gasteiger partial charge in [0.25, 0.3) is 0 Å². The second kappa shape index (κ2) is 2.31. The molecule has 3 heterocycles. The van der Waals surface area contributed by atoms with Crippen LogP contribution in [0.25, 0.3) is 0 Å². The van der Waals surface area contributed by atoms with Crippen LogP contribution in [-0.2, 0) is 0 Å². The van der Waals surface area contributed by atoms with E-state index in [-0.39, 0.29) is 0 Å². The summed E-state index contributed by atoms with van der Waals surface area (Å²) in [4.78, 5) is 2.69. The number of nitrogens with one attached hydrogen (secondary N) is 1. The van der Waals surface area contributed by atoms with E-state index < -0.39 is 0 Å². The molecule has 0 amide bonds. The fraction of sp³-hybridized carbons (Fsp3) is 0.500. The van der Waals surface area contributed by atoms with Crippen LogP contribution in [-0.4, -0.2) is 18.0 Å². The predicted molar refractivity (Wildman–Crippen MR) is 56.4 cm³/mol. The normalized spacial score (nSPS) is 32.9. The fourth-order valence-electron chi connectivity index (χ4n) is 3.49. The maximum absolute atomic E-state index is 3.51. The highest BCUT2D eigenvalue weighted by atomic mass is 15.3. The van der Waals surface area contributed by atoms with Gasteiger partial charge in [0, 0.05) is 18.3 Å². The van der Waals surface area contributed by atoms with Crippen LogP contribution in [0.5, 0.6) is 0 Å². The Morgan fingerprint density at radius 1 is 1.29 bits per heavy atom. The van der Waals surface area contributed by atoms with Crippen molar-refractivity contribution in [1.29, 1.82) is 0 Å². The van der Waals surface area contributed by atoms with Crippen LogP contribution in [0.3, 0.4) is 0 Å². The number of hydrogen-bond acceptors (Lipinski definition) is 2. The Labute approximate surface area is 83.9 Å². The van der Waals surface area contributed by atoms with E-state index in [1.54, 1.807) is 11.1 Å². The number of fused-ring (bicyclic) bond motifs is 3. The molecule has 0 aromatic heterocycles. The van der Waals surface area contributed by atoms with E-state index in [4.69, 9.17) is 0 Å². The maximum Gasteiger partial charge on any atom is 0.0550 e. The summed E-state index contributed by atoms with van der Waals surface area (Å²) < 4.78 is 0. The quantitative estimate of drug-likeness (QED) is 0.669. The van der Waals surface area contributed by atoms with Gasteiger partial charge in [0.1, 0.15) is 0 Å². The van der Waals surface area contributed by atoms with E-state index in [1.165, 1.54) is 25.1 Å². The summed E-state index contributed by atoms with van der Waals surface area (Å²) in [6.07, 6.45) is 2.75. The van der Waals surface area contributed by atoms with Gasteiger partial charge in [-0.25, -0.2) is 0 Å². The van der Waals surface area contributed by atoms with Gasteiger partial charge in [0.05, 0.1) is 6.04 Å². The molecule has 2 unspecified atom stereocenters. The van der Waals surface area contributed by atoms with Crippen molar-refractivity contribution in [2.24, 2.45) is 0 Å². The van der Waals surface area contributed by atoms with Crippen LogP contribution in [0.4, 0.5) is 5.69 Å². The third-order valence-corrected chi connectivity index (χ3v) is 4.01. The van der Waals surface area contributed by atoms with Crippen LogP contribution >= 0.6 is 0 Å². The number of benzene rings is 1. The van der Waals surface area contributed by atoms with Crippen LogP contribution in [0.15, 0.2) is 18.2 Å². The molecular weight excluding hydrogens is 172 g/mol. The molecule has 0 radical (unpaired) electrons. The Hall–Kier alpha value is -1.02. The monoisotopic (exact) mass is 186 g/mol. The zero-order valence-electron chi connectivity index (χ0n) is 8.16. The zero-order valence-corrected chi connectivity index (χ0v) is 8.16. The molecule has 2 nitrogen and oxygen atoms in total. The van der Waals surface area contributed by atoms with Crippen molar-refractivity contribution < 1.29 is 0 Å². The Kier molecular flexibility index (Phi) is 1.21. The molecule has 72 valence electrons. The molecule has 1 fully saturated rings. The van der Waals surface area contributed by atoms with E-state index in [0.29, 0.717) is 6.04 Å². The Balaban J connectivity index is 1.98. The second-order valence-electron chi connectivity index (χ2n) is 4.60. The standard InChI is InChI=1S/C12H14N2/c1-3-8-10-5-2-6-14(10)11-7-13-9(4-1)12(8)11/h1,3-4,10-11,13H,2,5-7H2. The van der Waals surface area contributed by atoms with Crippen molar-refractivity contribution in [3.8, 4) is 0 Å². The van der Waals surface area contributed by atoms with E-state index >= 15 is 0 Å². The third kappa shape index (κ3) is 0.684. The minimum Gasteiger partial charge on any atom is -0.383 e. The van der Waals surface area contributed by atoms with Gasteiger partial charge in [0.15, 0.2) is 0 Å². The zero-order chi connectivity index (χ0) is 9.12. The number of nitrogens with zero attached hydrogens (tertiary/aromatic N) is 1. The summed E-state index contributed by atoms with van der Waals surface area (Å²) in [5, 5.41) is 3.51. The number of anilines is 1. The van der Waals surface area contributed by atoms with E-state index in [1.807, 2.05) is 0 Å². The molecule has 4 rings (SSSR count). The Bertz CT molecular complexity index is 399.